The summed E-state index contributed by atoms with van der Waals surface area (Å²) in [5.41, 5.74) is 3.21. The Bertz CT molecular complexity index is 1290. The van der Waals surface area contributed by atoms with Crippen LogP contribution in [0.5, 0.6) is 0 Å². The Balaban J connectivity index is 2.13. The Morgan fingerprint density at radius 1 is 1.12 bits per heavy atom. The van der Waals surface area contributed by atoms with Crippen molar-refractivity contribution in [1.29, 1.82) is 0 Å². The molecule has 0 saturated carbocycles. The molecule has 176 valence electrons. The number of esters is 1. The van der Waals surface area contributed by atoms with E-state index in [9.17, 15) is 9.59 Å². The van der Waals surface area contributed by atoms with Crippen LogP contribution in [-0.4, -0.2) is 33.8 Å². The molecule has 2 aromatic carbocycles. The van der Waals surface area contributed by atoms with Gasteiger partial charge in [0.15, 0.2) is 5.69 Å². The van der Waals surface area contributed by atoms with Crippen molar-refractivity contribution < 1.29 is 14.3 Å². The molecule has 1 heterocycles. The number of aromatic nitrogens is 2. The van der Waals surface area contributed by atoms with Crippen molar-refractivity contribution in [3.8, 4) is 28.8 Å². The maximum Gasteiger partial charge on any atom is 0.384 e. The van der Waals surface area contributed by atoms with E-state index in [1.165, 1.54) is 0 Å². The summed E-state index contributed by atoms with van der Waals surface area (Å²) in [6.07, 6.45) is 0. The number of carbonyl (C=O) groups excluding carboxylic acids is 2. The summed E-state index contributed by atoms with van der Waals surface area (Å²) in [7, 11) is 0. The first kappa shape index (κ1) is 25.4. The van der Waals surface area contributed by atoms with Crippen molar-refractivity contribution >= 4 is 35.1 Å². The molecule has 0 radical (unpaired) electrons. The second kappa shape index (κ2) is 10.3. The van der Waals surface area contributed by atoms with Gasteiger partial charge in [-0.2, -0.15) is 5.10 Å². The Hall–Kier alpha value is -3.27. The van der Waals surface area contributed by atoms with E-state index in [2.05, 4.69) is 22.3 Å². The molecule has 0 spiro atoms. The normalized spacial score (nSPS) is 10.9. The van der Waals surface area contributed by atoms with E-state index in [-0.39, 0.29) is 12.5 Å². The van der Waals surface area contributed by atoms with Gasteiger partial charge in [0.2, 0.25) is 0 Å². The molecule has 1 aromatic heterocycles. The van der Waals surface area contributed by atoms with E-state index in [4.69, 9.17) is 27.9 Å². The molecule has 0 atom stereocenters. The molecule has 0 bridgehead atoms. The molecule has 1 amide bonds. The van der Waals surface area contributed by atoms with Gasteiger partial charge in [-0.05, 0) is 65.0 Å². The smallest absolute Gasteiger partial charge is 0.384 e. The fourth-order valence-corrected chi connectivity index (χ4v) is 3.67. The van der Waals surface area contributed by atoms with Crippen LogP contribution in [-0.2, 0) is 9.53 Å². The van der Waals surface area contributed by atoms with Crippen LogP contribution < -0.4 is 5.32 Å². The highest BCUT2D eigenvalue weighted by Crippen LogP contribution is 2.32. The lowest BCUT2D eigenvalue weighted by atomic mass is 10.0. The lowest BCUT2D eigenvalue weighted by Crippen LogP contribution is -2.41. The second-order valence-electron chi connectivity index (χ2n) is 8.58. The summed E-state index contributed by atoms with van der Waals surface area (Å²) in [5.74, 6) is 4.27. The van der Waals surface area contributed by atoms with E-state index >= 15 is 0 Å². The van der Waals surface area contributed by atoms with E-state index < -0.39 is 11.5 Å². The molecular formula is C26H25Cl2N3O3. The second-order valence-corrected chi connectivity index (χ2v) is 9.43. The lowest BCUT2D eigenvalue weighted by Gasteiger charge is -2.19. The molecule has 3 rings (SSSR count). The standard InChI is InChI=1S/C26H25Cl2N3O3/c1-6-34-22(32)14-8-17-7-13-21(20(28)15-17)31-24(18-9-11-19(27)12-10-18)16(2)23(30-31)25(33)29-26(3,4)5/h7,9-13,15H,6H2,1-5H3,(H,29,33). The first-order chi connectivity index (χ1) is 16.0. The summed E-state index contributed by atoms with van der Waals surface area (Å²) >= 11 is 12.7. The molecule has 0 aliphatic carbocycles. The third-order valence-corrected chi connectivity index (χ3v) is 5.26. The van der Waals surface area contributed by atoms with Gasteiger partial charge < -0.3 is 10.1 Å². The van der Waals surface area contributed by atoms with Crippen LogP contribution in [0.3, 0.4) is 0 Å². The zero-order valence-corrected chi connectivity index (χ0v) is 21.1. The lowest BCUT2D eigenvalue weighted by molar-refractivity contribution is -0.136. The Labute approximate surface area is 209 Å². The number of nitrogens with one attached hydrogen (secondary N) is 1. The van der Waals surface area contributed by atoms with Gasteiger partial charge in [0, 0.05) is 33.2 Å². The highest BCUT2D eigenvalue weighted by Gasteiger charge is 2.25. The minimum atomic E-state index is -0.607. The van der Waals surface area contributed by atoms with E-state index in [0.717, 1.165) is 5.56 Å². The highest BCUT2D eigenvalue weighted by atomic mass is 35.5. The number of benzene rings is 2. The summed E-state index contributed by atoms with van der Waals surface area (Å²) in [5, 5.41) is 8.54. The molecule has 0 saturated heterocycles. The molecular weight excluding hydrogens is 473 g/mol. The zero-order chi connectivity index (χ0) is 25.0. The van der Waals surface area contributed by atoms with Crippen LogP contribution in [0, 0.1) is 18.8 Å². The van der Waals surface area contributed by atoms with Crippen LogP contribution in [0.2, 0.25) is 10.0 Å². The number of ether oxygens (including phenoxy) is 1. The molecule has 34 heavy (non-hydrogen) atoms. The van der Waals surface area contributed by atoms with Crippen LogP contribution in [0.1, 0.15) is 49.3 Å². The fourth-order valence-electron chi connectivity index (χ4n) is 3.28. The first-order valence-corrected chi connectivity index (χ1v) is 11.4. The van der Waals surface area contributed by atoms with Crippen LogP contribution in [0.15, 0.2) is 42.5 Å². The van der Waals surface area contributed by atoms with Crippen molar-refractivity contribution in [3.05, 3.63) is 69.3 Å². The Kier molecular flexibility index (Phi) is 7.71. The van der Waals surface area contributed by atoms with Crippen LogP contribution in [0.25, 0.3) is 16.9 Å². The third-order valence-electron chi connectivity index (χ3n) is 4.70. The minimum Gasteiger partial charge on any atom is -0.456 e. The quantitative estimate of drug-likeness (QED) is 0.376. The maximum absolute atomic E-state index is 13.0. The maximum atomic E-state index is 13.0. The molecule has 0 aliphatic heterocycles. The monoisotopic (exact) mass is 497 g/mol. The van der Waals surface area contributed by atoms with Crippen molar-refractivity contribution in [3.63, 3.8) is 0 Å². The minimum absolute atomic E-state index is 0.254. The molecule has 6 nitrogen and oxygen atoms in total. The Morgan fingerprint density at radius 2 is 1.79 bits per heavy atom. The van der Waals surface area contributed by atoms with Gasteiger partial charge in [0.1, 0.15) is 0 Å². The van der Waals surface area contributed by atoms with E-state index in [1.807, 2.05) is 39.8 Å². The van der Waals surface area contributed by atoms with Gasteiger partial charge >= 0.3 is 5.97 Å². The molecule has 8 heteroatoms. The number of halogens is 2. The van der Waals surface area contributed by atoms with Crippen LogP contribution in [0.4, 0.5) is 0 Å². The summed E-state index contributed by atoms with van der Waals surface area (Å²) in [4.78, 5) is 24.5. The van der Waals surface area contributed by atoms with Gasteiger partial charge in [-0.3, -0.25) is 4.79 Å². The summed E-state index contributed by atoms with van der Waals surface area (Å²) in [6, 6.07) is 12.4. The first-order valence-electron chi connectivity index (χ1n) is 10.7. The predicted molar refractivity (Wildman–Crippen MR) is 134 cm³/mol. The van der Waals surface area contributed by atoms with Gasteiger partial charge in [-0.15, -0.1) is 0 Å². The van der Waals surface area contributed by atoms with Crippen LogP contribution >= 0.6 is 23.2 Å². The average Bonchev–Trinajstić information content (AvgIpc) is 3.09. The third kappa shape index (κ3) is 5.99. The molecule has 0 aliphatic rings. The van der Waals surface area contributed by atoms with Gasteiger partial charge in [-0.25, -0.2) is 9.48 Å². The Morgan fingerprint density at radius 3 is 2.38 bits per heavy atom. The highest BCUT2D eigenvalue weighted by molar-refractivity contribution is 6.32. The predicted octanol–water partition coefficient (Wildman–Crippen LogP) is 5.60. The van der Waals surface area contributed by atoms with Crippen molar-refractivity contribution in [1.82, 2.24) is 15.1 Å². The van der Waals surface area contributed by atoms with Crippen molar-refractivity contribution in [2.45, 2.75) is 40.2 Å². The molecule has 0 fully saturated rings. The van der Waals surface area contributed by atoms with Gasteiger partial charge in [-0.1, -0.05) is 41.3 Å². The SMILES string of the molecule is CCOC(=O)C#Cc1ccc(-n2nc(C(=O)NC(C)(C)C)c(C)c2-c2ccc(Cl)cc2)c(Cl)c1. The van der Waals surface area contributed by atoms with E-state index in [1.54, 1.807) is 41.9 Å². The molecule has 1 N–H and O–H groups in total. The number of amides is 1. The van der Waals surface area contributed by atoms with E-state index in [0.29, 0.717) is 38.2 Å². The fraction of sp³-hybridized carbons (Fsp3) is 0.269. The molecule has 0 unspecified atom stereocenters. The van der Waals surface area contributed by atoms with Crippen molar-refractivity contribution in [2.24, 2.45) is 0 Å². The average molecular weight is 498 g/mol. The summed E-state index contributed by atoms with van der Waals surface area (Å²) < 4.78 is 6.47. The summed E-state index contributed by atoms with van der Waals surface area (Å²) in [6.45, 7) is 9.53. The zero-order valence-electron chi connectivity index (χ0n) is 19.6. The largest absolute Gasteiger partial charge is 0.456 e. The topological polar surface area (TPSA) is 73.2 Å². The number of rotatable bonds is 4. The van der Waals surface area contributed by atoms with Gasteiger partial charge in [0.05, 0.1) is 23.0 Å². The number of hydrogen-bond acceptors (Lipinski definition) is 4. The number of carbonyl (C=O) groups is 2. The van der Waals surface area contributed by atoms with Crippen molar-refractivity contribution in [2.75, 3.05) is 6.61 Å². The number of nitrogens with zero attached hydrogens (tertiary/aromatic N) is 2. The van der Waals surface area contributed by atoms with Gasteiger partial charge in [0.25, 0.3) is 5.91 Å². The molecule has 3 aromatic rings. The number of hydrogen-bond donors (Lipinski definition) is 1.